The van der Waals surface area contributed by atoms with Crippen molar-refractivity contribution in [3.63, 3.8) is 0 Å². The van der Waals surface area contributed by atoms with Crippen LogP contribution >= 0.6 is 0 Å². The fraction of sp³-hybridized carbons (Fsp3) is 0.214. The maximum absolute atomic E-state index is 13.6. The molecule has 0 amide bonds. The summed E-state index contributed by atoms with van der Waals surface area (Å²) in [7, 11) is 0. The molecular formula is C14H12FN. The molecule has 0 bridgehead atoms. The van der Waals surface area contributed by atoms with E-state index in [0.29, 0.717) is 5.69 Å². The molecule has 80 valence electrons. The zero-order chi connectivity index (χ0) is 11.0. The lowest BCUT2D eigenvalue weighted by Gasteiger charge is -2.05. The fourth-order valence-electron chi connectivity index (χ4n) is 2.32. The van der Waals surface area contributed by atoms with Crippen LogP contribution in [0.15, 0.2) is 36.5 Å². The van der Waals surface area contributed by atoms with Crippen molar-refractivity contribution in [1.29, 1.82) is 0 Å². The first-order valence-electron chi connectivity index (χ1n) is 5.57. The Bertz CT molecular complexity index is 534. The molecule has 1 aromatic heterocycles. The number of hydrogen-bond donors (Lipinski definition) is 0. The molecule has 0 unspecified atom stereocenters. The Morgan fingerprint density at radius 1 is 1.06 bits per heavy atom. The Morgan fingerprint density at radius 2 is 1.94 bits per heavy atom. The van der Waals surface area contributed by atoms with Gasteiger partial charge in [-0.05, 0) is 48.6 Å². The predicted octanol–water partition coefficient (Wildman–Crippen LogP) is 3.38. The molecule has 2 aromatic rings. The number of benzene rings is 1. The highest BCUT2D eigenvalue weighted by molar-refractivity contribution is 5.62. The first-order chi connectivity index (χ1) is 7.84. The number of nitrogens with zero attached hydrogens (tertiary/aromatic N) is 1. The maximum atomic E-state index is 13.6. The second-order valence-corrected chi connectivity index (χ2v) is 4.17. The summed E-state index contributed by atoms with van der Waals surface area (Å²) in [5.74, 6) is -0.250. The van der Waals surface area contributed by atoms with Gasteiger partial charge in [0.1, 0.15) is 11.5 Å². The quantitative estimate of drug-likeness (QED) is 0.707. The van der Waals surface area contributed by atoms with Crippen LogP contribution in [-0.4, -0.2) is 4.98 Å². The van der Waals surface area contributed by atoms with Crippen LogP contribution in [0.2, 0.25) is 0 Å². The van der Waals surface area contributed by atoms with Gasteiger partial charge in [-0.25, -0.2) is 4.39 Å². The Balaban J connectivity index is 2.11. The molecule has 0 spiro atoms. The summed E-state index contributed by atoms with van der Waals surface area (Å²) in [6.45, 7) is 0. The van der Waals surface area contributed by atoms with E-state index in [1.807, 2.05) is 6.07 Å². The van der Waals surface area contributed by atoms with Crippen LogP contribution < -0.4 is 0 Å². The van der Waals surface area contributed by atoms with Gasteiger partial charge < -0.3 is 0 Å². The van der Waals surface area contributed by atoms with Gasteiger partial charge in [-0.15, -0.1) is 0 Å². The fourth-order valence-corrected chi connectivity index (χ4v) is 2.32. The van der Waals surface area contributed by atoms with Crippen molar-refractivity contribution >= 4 is 0 Å². The molecule has 0 saturated carbocycles. The largest absolute Gasteiger partial charge is 0.253 e. The molecule has 0 fully saturated rings. The highest BCUT2D eigenvalue weighted by Gasteiger charge is 2.13. The van der Waals surface area contributed by atoms with Crippen LogP contribution in [0.25, 0.3) is 11.3 Å². The predicted molar refractivity (Wildman–Crippen MR) is 61.7 cm³/mol. The van der Waals surface area contributed by atoms with E-state index >= 15 is 0 Å². The summed E-state index contributed by atoms with van der Waals surface area (Å²) in [6.07, 6.45) is 5.10. The smallest absolute Gasteiger partial charge is 0.149 e. The number of fused-ring (bicyclic) bond motifs is 1. The van der Waals surface area contributed by atoms with E-state index in [2.05, 4.69) is 17.1 Å². The highest BCUT2D eigenvalue weighted by Crippen LogP contribution is 2.28. The van der Waals surface area contributed by atoms with Crippen LogP contribution in [0.4, 0.5) is 4.39 Å². The summed E-state index contributed by atoms with van der Waals surface area (Å²) in [6, 6.07) is 9.22. The van der Waals surface area contributed by atoms with Crippen LogP contribution in [0, 0.1) is 5.82 Å². The first-order valence-corrected chi connectivity index (χ1v) is 5.57. The van der Waals surface area contributed by atoms with Crippen LogP contribution in [0.5, 0.6) is 0 Å². The van der Waals surface area contributed by atoms with Gasteiger partial charge in [-0.2, -0.15) is 0 Å². The zero-order valence-corrected chi connectivity index (χ0v) is 8.91. The summed E-state index contributed by atoms with van der Waals surface area (Å²) in [5, 5.41) is 0. The van der Waals surface area contributed by atoms with Crippen molar-refractivity contribution < 1.29 is 4.39 Å². The van der Waals surface area contributed by atoms with E-state index in [-0.39, 0.29) is 5.82 Å². The molecule has 1 aromatic carbocycles. The average Bonchev–Trinajstić information content (AvgIpc) is 2.76. The molecular weight excluding hydrogens is 201 g/mol. The normalized spacial score (nSPS) is 13.8. The highest BCUT2D eigenvalue weighted by atomic mass is 19.1. The van der Waals surface area contributed by atoms with E-state index in [0.717, 1.165) is 18.4 Å². The monoisotopic (exact) mass is 213 g/mol. The third-order valence-corrected chi connectivity index (χ3v) is 3.13. The number of hydrogen-bond acceptors (Lipinski definition) is 1. The van der Waals surface area contributed by atoms with Gasteiger partial charge in [0.05, 0.1) is 0 Å². The number of aromatic nitrogens is 1. The summed E-state index contributed by atoms with van der Waals surface area (Å²) < 4.78 is 13.6. The average molecular weight is 213 g/mol. The van der Waals surface area contributed by atoms with E-state index in [9.17, 15) is 4.39 Å². The molecule has 0 radical (unpaired) electrons. The summed E-state index contributed by atoms with van der Waals surface area (Å²) in [5.41, 5.74) is 4.10. The van der Waals surface area contributed by atoms with E-state index in [4.69, 9.17) is 0 Å². The van der Waals surface area contributed by atoms with Crippen LogP contribution in [0.1, 0.15) is 17.5 Å². The number of rotatable bonds is 1. The minimum absolute atomic E-state index is 0.250. The lowest BCUT2D eigenvalue weighted by molar-refractivity contribution is 0.625. The molecule has 0 saturated heterocycles. The topological polar surface area (TPSA) is 12.9 Å². The van der Waals surface area contributed by atoms with Gasteiger partial charge in [-0.3, -0.25) is 4.98 Å². The molecule has 1 aliphatic carbocycles. The minimum Gasteiger partial charge on any atom is -0.253 e. The number of halogens is 1. The SMILES string of the molecule is Fc1cccnc1-c1ccc2c(c1)CCC2. The number of aryl methyl sites for hydroxylation is 2. The third kappa shape index (κ3) is 1.51. The van der Waals surface area contributed by atoms with Gasteiger partial charge >= 0.3 is 0 Å². The Morgan fingerprint density at radius 3 is 2.81 bits per heavy atom. The van der Waals surface area contributed by atoms with Gasteiger partial charge in [-0.1, -0.05) is 12.1 Å². The van der Waals surface area contributed by atoms with Crippen molar-refractivity contribution in [3.05, 3.63) is 53.5 Å². The molecule has 1 heterocycles. The summed E-state index contributed by atoms with van der Waals surface area (Å²) >= 11 is 0. The van der Waals surface area contributed by atoms with Crippen molar-refractivity contribution in [3.8, 4) is 11.3 Å². The summed E-state index contributed by atoms with van der Waals surface area (Å²) in [4.78, 5) is 4.10. The van der Waals surface area contributed by atoms with Crippen LogP contribution in [-0.2, 0) is 12.8 Å². The third-order valence-electron chi connectivity index (χ3n) is 3.13. The molecule has 1 aliphatic rings. The van der Waals surface area contributed by atoms with Crippen LogP contribution in [0.3, 0.4) is 0 Å². The molecule has 16 heavy (non-hydrogen) atoms. The second-order valence-electron chi connectivity index (χ2n) is 4.17. The van der Waals surface area contributed by atoms with E-state index < -0.39 is 0 Å². The molecule has 0 aliphatic heterocycles. The van der Waals surface area contributed by atoms with Gasteiger partial charge in [0.15, 0.2) is 0 Å². The second kappa shape index (κ2) is 3.71. The van der Waals surface area contributed by atoms with E-state index in [1.54, 1.807) is 12.3 Å². The van der Waals surface area contributed by atoms with Crippen molar-refractivity contribution in [2.24, 2.45) is 0 Å². The van der Waals surface area contributed by atoms with Crippen molar-refractivity contribution in [1.82, 2.24) is 4.98 Å². The Hall–Kier alpha value is -1.70. The minimum atomic E-state index is -0.250. The molecule has 3 rings (SSSR count). The lowest BCUT2D eigenvalue weighted by Crippen LogP contribution is -1.90. The van der Waals surface area contributed by atoms with Gasteiger partial charge in [0.2, 0.25) is 0 Å². The standard InChI is InChI=1S/C14H12FN/c15-13-5-2-8-16-14(13)12-7-6-10-3-1-4-11(10)9-12/h2,5-9H,1,3-4H2. The van der Waals surface area contributed by atoms with Gasteiger partial charge in [0.25, 0.3) is 0 Å². The molecule has 1 nitrogen and oxygen atoms in total. The molecule has 0 N–H and O–H groups in total. The van der Waals surface area contributed by atoms with Crippen molar-refractivity contribution in [2.45, 2.75) is 19.3 Å². The lowest BCUT2D eigenvalue weighted by atomic mass is 10.0. The first kappa shape index (κ1) is 9.52. The zero-order valence-electron chi connectivity index (χ0n) is 8.91. The van der Waals surface area contributed by atoms with E-state index in [1.165, 1.54) is 23.6 Å². The van der Waals surface area contributed by atoms with Crippen molar-refractivity contribution in [2.75, 3.05) is 0 Å². The Kier molecular flexibility index (Phi) is 2.21. The molecule has 2 heteroatoms. The van der Waals surface area contributed by atoms with Gasteiger partial charge in [0, 0.05) is 11.8 Å². The molecule has 0 atom stereocenters. The maximum Gasteiger partial charge on any atom is 0.149 e. The number of pyridine rings is 1. The Labute approximate surface area is 94.0 Å².